The van der Waals surface area contributed by atoms with Crippen LogP contribution in [-0.4, -0.2) is 32.9 Å². The van der Waals surface area contributed by atoms with Crippen LogP contribution in [0.2, 0.25) is 0 Å². The molecule has 0 fully saturated rings. The number of carboxylic acid groups (broad SMARTS) is 1. The molecule has 1 atom stereocenters. The van der Waals surface area contributed by atoms with Crippen LogP contribution in [0.15, 0.2) is 12.4 Å². The summed E-state index contributed by atoms with van der Waals surface area (Å²) >= 11 is 0. The van der Waals surface area contributed by atoms with Gasteiger partial charge in [-0.2, -0.15) is 5.10 Å². The maximum Gasteiger partial charge on any atom is 0.325 e. The molecule has 2 amide bonds. The van der Waals surface area contributed by atoms with Crippen LogP contribution in [-0.2, 0) is 11.3 Å². The fourth-order valence-electron chi connectivity index (χ4n) is 1.73. The topological polar surface area (TPSA) is 96.3 Å². The molecule has 0 saturated heterocycles. The van der Waals surface area contributed by atoms with E-state index in [-0.39, 0.29) is 18.6 Å². The number of nitrogens with zero attached hydrogens (tertiary/aromatic N) is 2. The van der Waals surface area contributed by atoms with Crippen LogP contribution >= 0.6 is 0 Å². The Hall–Kier alpha value is -2.05. The molecule has 106 valence electrons. The predicted molar refractivity (Wildman–Crippen MR) is 70.9 cm³/mol. The van der Waals surface area contributed by atoms with Crippen LogP contribution in [0.5, 0.6) is 0 Å². The summed E-state index contributed by atoms with van der Waals surface area (Å²) in [5.41, 5.74) is 0.470. The van der Waals surface area contributed by atoms with Crippen molar-refractivity contribution < 1.29 is 14.7 Å². The zero-order valence-electron chi connectivity index (χ0n) is 11.4. The first-order valence-corrected chi connectivity index (χ1v) is 6.24. The van der Waals surface area contributed by atoms with Gasteiger partial charge in [0.25, 0.3) is 0 Å². The van der Waals surface area contributed by atoms with E-state index in [2.05, 4.69) is 15.7 Å². The van der Waals surface area contributed by atoms with Crippen molar-refractivity contribution >= 4 is 17.7 Å². The first-order chi connectivity index (χ1) is 8.92. The van der Waals surface area contributed by atoms with E-state index in [1.54, 1.807) is 0 Å². The smallest absolute Gasteiger partial charge is 0.325 e. The highest BCUT2D eigenvalue weighted by Gasteiger charge is 2.14. The maximum absolute atomic E-state index is 11.7. The molecule has 19 heavy (non-hydrogen) atoms. The number of amides is 2. The standard InChI is InChI=1S/C12H20N4O3/c1-4-10(8(2)3)15-12(19)14-9-5-13-16(6-9)7-11(17)18/h5-6,8,10H,4,7H2,1-3H3,(H,17,18)(H2,14,15,19). The Morgan fingerprint density at radius 2 is 2.16 bits per heavy atom. The lowest BCUT2D eigenvalue weighted by Gasteiger charge is -2.20. The predicted octanol–water partition coefficient (Wildman–Crippen LogP) is 1.52. The van der Waals surface area contributed by atoms with Crippen molar-refractivity contribution in [3.63, 3.8) is 0 Å². The van der Waals surface area contributed by atoms with E-state index in [1.807, 2.05) is 20.8 Å². The summed E-state index contributed by atoms with van der Waals surface area (Å²) in [4.78, 5) is 22.2. The summed E-state index contributed by atoms with van der Waals surface area (Å²) in [5.74, 6) is -0.629. The first-order valence-electron chi connectivity index (χ1n) is 6.24. The SMILES string of the molecule is CCC(NC(=O)Nc1cnn(CC(=O)O)c1)C(C)C. The number of hydrogen-bond acceptors (Lipinski definition) is 3. The molecule has 3 N–H and O–H groups in total. The monoisotopic (exact) mass is 268 g/mol. The van der Waals surface area contributed by atoms with Crippen LogP contribution in [0.25, 0.3) is 0 Å². The minimum Gasteiger partial charge on any atom is -0.480 e. The van der Waals surface area contributed by atoms with Gasteiger partial charge in [-0.1, -0.05) is 20.8 Å². The average molecular weight is 268 g/mol. The Bertz CT molecular complexity index is 442. The quantitative estimate of drug-likeness (QED) is 0.728. The van der Waals surface area contributed by atoms with Gasteiger partial charge in [-0.05, 0) is 12.3 Å². The number of urea groups is 1. The molecule has 0 aliphatic carbocycles. The number of carbonyl (C=O) groups is 2. The van der Waals surface area contributed by atoms with Gasteiger partial charge in [-0.25, -0.2) is 4.79 Å². The average Bonchev–Trinajstić information content (AvgIpc) is 2.71. The van der Waals surface area contributed by atoms with Crippen LogP contribution in [0.1, 0.15) is 27.2 Å². The number of carboxylic acids is 1. The molecule has 1 unspecified atom stereocenters. The lowest BCUT2D eigenvalue weighted by Crippen LogP contribution is -2.40. The Kier molecular flexibility index (Phi) is 5.35. The van der Waals surface area contributed by atoms with Crippen molar-refractivity contribution in [1.29, 1.82) is 0 Å². The molecule has 1 aromatic heterocycles. The highest BCUT2D eigenvalue weighted by molar-refractivity contribution is 5.89. The molecule has 0 aliphatic heterocycles. The summed E-state index contributed by atoms with van der Waals surface area (Å²) in [6.07, 6.45) is 3.74. The summed E-state index contributed by atoms with van der Waals surface area (Å²) < 4.78 is 1.25. The minimum atomic E-state index is -0.982. The zero-order chi connectivity index (χ0) is 14.4. The molecule has 7 heteroatoms. The molecule has 0 saturated carbocycles. The van der Waals surface area contributed by atoms with Gasteiger partial charge >= 0.3 is 12.0 Å². The Labute approximate surface area is 112 Å². The van der Waals surface area contributed by atoms with Crippen LogP contribution in [0.4, 0.5) is 10.5 Å². The molecule has 0 aromatic carbocycles. The van der Waals surface area contributed by atoms with Crippen LogP contribution in [0.3, 0.4) is 0 Å². The van der Waals surface area contributed by atoms with Gasteiger partial charge in [-0.15, -0.1) is 0 Å². The maximum atomic E-state index is 11.7. The molecular formula is C12H20N4O3. The van der Waals surface area contributed by atoms with Gasteiger partial charge in [0.2, 0.25) is 0 Å². The molecule has 1 rings (SSSR count). The van der Waals surface area contributed by atoms with E-state index >= 15 is 0 Å². The summed E-state index contributed by atoms with van der Waals surface area (Å²) in [7, 11) is 0. The van der Waals surface area contributed by atoms with E-state index in [1.165, 1.54) is 17.1 Å². The number of nitrogens with one attached hydrogen (secondary N) is 2. The number of aliphatic carboxylic acids is 1. The summed E-state index contributed by atoms with van der Waals surface area (Å²) in [5, 5.41) is 17.9. The van der Waals surface area contributed by atoms with E-state index in [9.17, 15) is 9.59 Å². The third-order valence-corrected chi connectivity index (χ3v) is 2.75. The normalized spacial score (nSPS) is 12.2. The van der Waals surface area contributed by atoms with Gasteiger partial charge in [-0.3, -0.25) is 9.48 Å². The van der Waals surface area contributed by atoms with Crippen molar-refractivity contribution in [3.05, 3.63) is 12.4 Å². The molecule has 0 radical (unpaired) electrons. The fraction of sp³-hybridized carbons (Fsp3) is 0.583. The van der Waals surface area contributed by atoms with Gasteiger partial charge < -0.3 is 15.7 Å². The lowest BCUT2D eigenvalue weighted by atomic mass is 10.0. The van der Waals surface area contributed by atoms with E-state index in [4.69, 9.17) is 5.11 Å². The summed E-state index contributed by atoms with van der Waals surface area (Å²) in [6, 6.07) is -0.204. The van der Waals surface area contributed by atoms with E-state index < -0.39 is 5.97 Å². The Balaban J connectivity index is 2.52. The number of aromatic nitrogens is 2. The molecule has 0 aliphatic rings. The van der Waals surface area contributed by atoms with E-state index in [0.29, 0.717) is 11.6 Å². The molecular weight excluding hydrogens is 248 g/mol. The third-order valence-electron chi connectivity index (χ3n) is 2.75. The molecule has 7 nitrogen and oxygen atoms in total. The Morgan fingerprint density at radius 1 is 1.47 bits per heavy atom. The van der Waals surface area contributed by atoms with Crippen molar-refractivity contribution in [2.45, 2.75) is 39.8 Å². The second kappa shape index (κ2) is 6.77. The van der Waals surface area contributed by atoms with Crippen molar-refractivity contribution in [2.24, 2.45) is 5.92 Å². The number of rotatable bonds is 6. The first kappa shape index (κ1) is 15.0. The number of carbonyl (C=O) groups excluding carboxylic acids is 1. The third kappa shape index (κ3) is 4.99. The van der Waals surface area contributed by atoms with Gasteiger partial charge in [0, 0.05) is 12.2 Å². The zero-order valence-corrected chi connectivity index (χ0v) is 11.4. The van der Waals surface area contributed by atoms with Crippen LogP contribution < -0.4 is 10.6 Å². The molecule has 0 spiro atoms. The number of hydrogen-bond donors (Lipinski definition) is 3. The van der Waals surface area contributed by atoms with Crippen LogP contribution in [0, 0.1) is 5.92 Å². The fourth-order valence-corrected chi connectivity index (χ4v) is 1.73. The Morgan fingerprint density at radius 3 is 2.68 bits per heavy atom. The van der Waals surface area contributed by atoms with Crippen molar-refractivity contribution in [3.8, 4) is 0 Å². The largest absolute Gasteiger partial charge is 0.480 e. The minimum absolute atomic E-state index is 0.106. The number of anilines is 1. The second-order valence-corrected chi connectivity index (χ2v) is 4.68. The van der Waals surface area contributed by atoms with Crippen molar-refractivity contribution in [1.82, 2.24) is 15.1 Å². The molecule has 0 bridgehead atoms. The molecule has 1 aromatic rings. The van der Waals surface area contributed by atoms with E-state index in [0.717, 1.165) is 6.42 Å². The highest BCUT2D eigenvalue weighted by Crippen LogP contribution is 2.07. The second-order valence-electron chi connectivity index (χ2n) is 4.68. The van der Waals surface area contributed by atoms with Crippen molar-refractivity contribution in [2.75, 3.05) is 5.32 Å². The summed E-state index contributed by atoms with van der Waals surface area (Å²) in [6.45, 7) is 5.86. The van der Waals surface area contributed by atoms with Gasteiger partial charge in [0.1, 0.15) is 6.54 Å². The lowest BCUT2D eigenvalue weighted by molar-refractivity contribution is -0.137. The van der Waals surface area contributed by atoms with Gasteiger partial charge in [0.05, 0.1) is 11.9 Å². The molecule has 1 heterocycles. The van der Waals surface area contributed by atoms with Gasteiger partial charge in [0.15, 0.2) is 0 Å². The highest BCUT2D eigenvalue weighted by atomic mass is 16.4.